The van der Waals surface area contributed by atoms with Gasteiger partial charge in [-0.05, 0) is 43.7 Å². The van der Waals surface area contributed by atoms with Crippen LogP contribution in [0.5, 0.6) is 0 Å². The van der Waals surface area contributed by atoms with Crippen molar-refractivity contribution in [2.75, 3.05) is 52.5 Å². The van der Waals surface area contributed by atoms with Gasteiger partial charge in [0.05, 0.1) is 13.2 Å². The molecule has 2 atom stereocenters. The number of guanidine groups is 1. The molecule has 28 heavy (non-hydrogen) atoms. The van der Waals surface area contributed by atoms with Crippen molar-refractivity contribution in [1.82, 2.24) is 15.1 Å². The van der Waals surface area contributed by atoms with Gasteiger partial charge < -0.3 is 15.0 Å². The summed E-state index contributed by atoms with van der Waals surface area (Å²) in [6, 6.07) is 9.60. The maximum atomic E-state index is 5.52. The zero-order chi connectivity index (χ0) is 18.5. The van der Waals surface area contributed by atoms with Crippen molar-refractivity contribution in [2.24, 2.45) is 4.99 Å². The van der Waals surface area contributed by atoms with Gasteiger partial charge in [0.2, 0.25) is 0 Å². The average molecular weight is 498 g/mol. The standard InChI is InChI=1S/C22H34N4O.HI/c1-2-23-22(26-11-10-20(17-26)25-12-14-27-15-13-25)24-16-19-8-5-7-18-6-3-4-9-21(18)19;/h3-4,6,9,19-20H,2,5,7-8,10-17H2,1H3,(H,23,24);1H. The maximum absolute atomic E-state index is 5.52. The maximum Gasteiger partial charge on any atom is 0.193 e. The molecule has 2 unspecified atom stereocenters. The molecule has 0 saturated carbocycles. The van der Waals surface area contributed by atoms with Gasteiger partial charge in [-0.1, -0.05) is 24.3 Å². The Morgan fingerprint density at radius 3 is 2.82 bits per heavy atom. The Kier molecular flexibility index (Phi) is 8.41. The Morgan fingerprint density at radius 2 is 2.00 bits per heavy atom. The highest BCUT2D eigenvalue weighted by atomic mass is 127. The third-order valence-corrected chi connectivity index (χ3v) is 6.31. The molecule has 2 heterocycles. The highest BCUT2D eigenvalue weighted by Crippen LogP contribution is 2.31. The second-order valence-corrected chi connectivity index (χ2v) is 8.02. The number of morpholine rings is 1. The summed E-state index contributed by atoms with van der Waals surface area (Å²) in [6.45, 7) is 10.1. The van der Waals surface area contributed by atoms with Crippen molar-refractivity contribution < 1.29 is 4.74 Å². The van der Waals surface area contributed by atoms with Gasteiger partial charge in [0.15, 0.2) is 5.96 Å². The number of fused-ring (bicyclic) bond motifs is 1. The van der Waals surface area contributed by atoms with Crippen molar-refractivity contribution in [2.45, 2.75) is 44.6 Å². The summed E-state index contributed by atoms with van der Waals surface area (Å²) in [6.07, 6.45) is 5.01. The molecule has 1 aromatic carbocycles. The molecule has 2 saturated heterocycles. The molecule has 2 aliphatic heterocycles. The summed E-state index contributed by atoms with van der Waals surface area (Å²) in [7, 11) is 0. The van der Waals surface area contributed by atoms with Crippen molar-refractivity contribution in [3.8, 4) is 0 Å². The lowest BCUT2D eigenvalue weighted by molar-refractivity contribution is 0.0195. The molecule has 4 rings (SSSR count). The first-order valence-electron chi connectivity index (χ1n) is 10.8. The number of ether oxygens (including phenoxy) is 1. The van der Waals surface area contributed by atoms with Gasteiger partial charge in [0.25, 0.3) is 0 Å². The number of aryl methyl sites for hydroxylation is 1. The van der Waals surface area contributed by atoms with Gasteiger partial charge in [-0.15, -0.1) is 24.0 Å². The van der Waals surface area contributed by atoms with E-state index in [0.717, 1.165) is 58.4 Å². The molecular formula is C22H35IN4O. The molecule has 1 aromatic rings. The number of benzene rings is 1. The number of aliphatic imine (C=N–C) groups is 1. The summed E-state index contributed by atoms with van der Waals surface area (Å²) < 4.78 is 5.52. The van der Waals surface area contributed by atoms with Crippen LogP contribution < -0.4 is 5.32 Å². The van der Waals surface area contributed by atoms with Crippen LogP contribution in [-0.2, 0) is 11.2 Å². The number of likely N-dealkylation sites (tertiary alicyclic amines) is 1. The van der Waals surface area contributed by atoms with Gasteiger partial charge in [0.1, 0.15) is 0 Å². The topological polar surface area (TPSA) is 40.1 Å². The van der Waals surface area contributed by atoms with Crippen molar-refractivity contribution in [1.29, 1.82) is 0 Å². The van der Waals surface area contributed by atoms with E-state index < -0.39 is 0 Å². The summed E-state index contributed by atoms with van der Waals surface area (Å²) in [5, 5.41) is 3.54. The van der Waals surface area contributed by atoms with Crippen LogP contribution in [0.25, 0.3) is 0 Å². The number of hydrogen-bond donors (Lipinski definition) is 1. The van der Waals surface area contributed by atoms with Crippen LogP contribution in [0, 0.1) is 0 Å². The van der Waals surface area contributed by atoms with E-state index in [1.54, 1.807) is 0 Å². The largest absolute Gasteiger partial charge is 0.379 e. The van der Waals surface area contributed by atoms with Gasteiger partial charge in [-0.3, -0.25) is 9.89 Å². The first-order chi connectivity index (χ1) is 13.3. The van der Waals surface area contributed by atoms with E-state index >= 15 is 0 Å². The molecule has 6 heteroatoms. The lowest BCUT2D eigenvalue weighted by Gasteiger charge is -2.32. The quantitative estimate of drug-likeness (QED) is 0.394. The zero-order valence-corrected chi connectivity index (χ0v) is 19.4. The Morgan fingerprint density at radius 1 is 1.18 bits per heavy atom. The van der Waals surface area contributed by atoms with Crippen LogP contribution in [0.15, 0.2) is 29.3 Å². The summed E-state index contributed by atoms with van der Waals surface area (Å²) in [5.74, 6) is 1.68. The second kappa shape index (κ2) is 10.8. The molecule has 1 aliphatic carbocycles. The molecule has 0 bridgehead atoms. The van der Waals surface area contributed by atoms with Gasteiger partial charge in [-0.25, -0.2) is 0 Å². The molecule has 2 fully saturated rings. The van der Waals surface area contributed by atoms with E-state index in [9.17, 15) is 0 Å². The third-order valence-electron chi connectivity index (χ3n) is 6.31. The van der Waals surface area contributed by atoms with Crippen LogP contribution in [0.1, 0.15) is 43.2 Å². The van der Waals surface area contributed by atoms with E-state index in [0.29, 0.717) is 12.0 Å². The van der Waals surface area contributed by atoms with Crippen LogP contribution in [0.2, 0.25) is 0 Å². The molecule has 0 radical (unpaired) electrons. The molecule has 156 valence electrons. The number of nitrogens with one attached hydrogen (secondary N) is 1. The predicted molar refractivity (Wildman–Crippen MR) is 126 cm³/mol. The van der Waals surface area contributed by atoms with Gasteiger partial charge >= 0.3 is 0 Å². The Bertz CT molecular complexity index is 647. The minimum Gasteiger partial charge on any atom is -0.379 e. The second-order valence-electron chi connectivity index (χ2n) is 8.02. The first kappa shape index (κ1) is 21.8. The average Bonchev–Trinajstić information content (AvgIpc) is 3.22. The fourth-order valence-corrected chi connectivity index (χ4v) is 4.84. The minimum atomic E-state index is 0. The van der Waals surface area contributed by atoms with E-state index in [-0.39, 0.29) is 24.0 Å². The number of hydrogen-bond acceptors (Lipinski definition) is 3. The summed E-state index contributed by atoms with van der Waals surface area (Å²) in [5.41, 5.74) is 3.05. The fourth-order valence-electron chi connectivity index (χ4n) is 4.84. The van der Waals surface area contributed by atoms with Crippen LogP contribution in [-0.4, -0.2) is 74.3 Å². The highest BCUT2D eigenvalue weighted by Gasteiger charge is 2.30. The molecular weight excluding hydrogens is 463 g/mol. The Balaban J connectivity index is 0.00000225. The van der Waals surface area contributed by atoms with Crippen LogP contribution in [0.3, 0.4) is 0 Å². The molecule has 5 nitrogen and oxygen atoms in total. The lowest BCUT2D eigenvalue weighted by Crippen LogP contribution is -2.46. The molecule has 3 aliphatic rings. The van der Waals surface area contributed by atoms with Gasteiger partial charge in [-0.2, -0.15) is 0 Å². The summed E-state index contributed by atoms with van der Waals surface area (Å²) >= 11 is 0. The van der Waals surface area contributed by atoms with Crippen molar-refractivity contribution in [3.63, 3.8) is 0 Å². The summed E-state index contributed by atoms with van der Waals surface area (Å²) in [4.78, 5) is 10.2. The minimum absolute atomic E-state index is 0. The molecule has 0 spiro atoms. The molecule has 0 aromatic heterocycles. The number of halogens is 1. The molecule has 0 amide bonds. The number of nitrogens with zero attached hydrogens (tertiary/aromatic N) is 3. The highest BCUT2D eigenvalue weighted by molar-refractivity contribution is 14.0. The van der Waals surface area contributed by atoms with Crippen molar-refractivity contribution in [3.05, 3.63) is 35.4 Å². The van der Waals surface area contributed by atoms with Crippen LogP contribution >= 0.6 is 24.0 Å². The number of rotatable bonds is 4. The van der Waals surface area contributed by atoms with Gasteiger partial charge in [0, 0.05) is 51.2 Å². The van der Waals surface area contributed by atoms with Crippen LogP contribution in [0.4, 0.5) is 0 Å². The smallest absolute Gasteiger partial charge is 0.193 e. The lowest BCUT2D eigenvalue weighted by atomic mass is 9.83. The first-order valence-corrected chi connectivity index (χ1v) is 10.8. The Labute approximate surface area is 186 Å². The fraction of sp³-hybridized carbons (Fsp3) is 0.682. The Hall–Kier alpha value is -0.860. The third kappa shape index (κ3) is 5.19. The van der Waals surface area contributed by atoms with E-state index in [4.69, 9.17) is 9.73 Å². The predicted octanol–water partition coefficient (Wildman–Crippen LogP) is 3.10. The monoisotopic (exact) mass is 498 g/mol. The van der Waals surface area contributed by atoms with Crippen molar-refractivity contribution >= 4 is 29.9 Å². The normalized spacial score (nSPS) is 25.9. The zero-order valence-electron chi connectivity index (χ0n) is 17.1. The molecule has 1 N–H and O–H groups in total. The van der Waals surface area contributed by atoms with E-state index in [2.05, 4.69) is 46.3 Å². The van der Waals surface area contributed by atoms with E-state index in [1.807, 2.05) is 0 Å². The van der Waals surface area contributed by atoms with E-state index in [1.165, 1.54) is 36.8 Å². The SMILES string of the molecule is CCNC(=NCC1CCCc2ccccc21)N1CCC(N2CCOCC2)C1.I.